The molecule has 0 aromatic rings. The van der Waals surface area contributed by atoms with Gasteiger partial charge < -0.3 is 19.3 Å². The van der Waals surface area contributed by atoms with Crippen molar-refractivity contribution in [1.82, 2.24) is 4.90 Å². The maximum absolute atomic E-state index is 12.6. The predicted molar refractivity (Wildman–Crippen MR) is 238 cm³/mol. The van der Waals surface area contributed by atoms with E-state index in [2.05, 4.69) is 105 Å². The van der Waals surface area contributed by atoms with E-state index in [1.165, 1.54) is 25.7 Å². The molecule has 2 unspecified atom stereocenters. The lowest BCUT2D eigenvalue weighted by atomic mass is 10.1. The lowest BCUT2D eigenvalue weighted by Gasteiger charge is -2.20. The number of allylic oxidation sites excluding steroid dienone is 16. The van der Waals surface area contributed by atoms with Crippen molar-refractivity contribution in [3.63, 3.8) is 0 Å². The summed E-state index contributed by atoms with van der Waals surface area (Å²) in [5.74, 6) is -0.907. The molecule has 9 nitrogen and oxygen atoms in total. The zero-order valence-corrected chi connectivity index (χ0v) is 36.9. The first-order valence-corrected chi connectivity index (χ1v) is 23.0. The molecule has 0 aromatic carbocycles. The molecule has 0 fully saturated rings. The Morgan fingerprint density at radius 2 is 1.02 bits per heavy atom. The van der Waals surface area contributed by atoms with Gasteiger partial charge in [-0.25, -0.2) is 4.57 Å². The van der Waals surface area contributed by atoms with Crippen LogP contribution >= 0.6 is 7.82 Å². The zero-order valence-electron chi connectivity index (χ0n) is 36.0. The van der Waals surface area contributed by atoms with E-state index in [-0.39, 0.29) is 26.1 Å². The molecule has 0 aromatic heterocycles. The number of phosphoric acid groups is 1. The largest absolute Gasteiger partial charge is 0.472 e. The van der Waals surface area contributed by atoms with Crippen molar-refractivity contribution in [1.29, 1.82) is 0 Å². The Hall–Kier alpha value is -3.07. The van der Waals surface area contributed by atoms with Crippen LogP contribution < -0.4 is 0 Å². The summed E-state index contributed by atoms with van der Waals surface area (Å²) in [5.41, 5.74) is 0. The topological polar surface area (TPSA) is 112 Å². The van der Waals surface area contributed by atoms with Crippen LogP contribution in [0.5, 0.6) is 0 Å². The third kappa shape index (κ3) is 42.4. The normalized spacial score (nSPS) is 14.4. The Kier molecular flexibility index (Phi) is 38.9. The highest BCUT2D eigenvalue weighted by molar-refractivity contribution is 7.47. The number of esters is 2. The third-order valence-corrected chi connectivity index (χ3v) is 9.36. The van der Waals surface area contributed by atoms with Crippen LogP contribution in [0.4, 0.5) is 0 Å². The zero-order chi connectivity index (χ0) is 41.9. The van der Waals surface area contributed by atoms with Gasteiger partial charge in [0, 0.05) is 19.4 Å². The van der Waals surface area contributed by atoms with E-state index in [1.807, 2.05) is 20.2 Å². The first kappa shape index (κ1) is 53.9. The summed E-state index contributed by atoms with van der Waals surface area (Å²) in [6, 6.07) is 0. The summed E-state index contributed by atoms with van der Waals surface area (Å²) in [5, 5.41) is 0. The average molecular weight is 816 g/mol. The standard InChI is InChI=1S/C47H78NO8P/c1-5-7-9-11-13-15-17-19-21-23-25-27-29-31-33-35-37-39-46(49)53-43-45(44-55-57(51,52)54-42-41-48(3)4)56-47(50)40-38-36-34-32-30-28-26-24-22-20-18-16-14-12-10-8-6-2/h7,9,13-16,19-22,25-28,31,33,45H,5-6,8,10-12,17-18,23-24,29-30,32,34-44H2,1-4H3,(H,51,52)/b9-7-,15-13-,16-14-,21-19-,22-20-,27-25-,28-26-,33-31-. The first-order valence-electron chi connectivity index (χ1n) is 21.5. The summed E-state index contributed by atoms with van der Waals surface area (Å²) in [6.45, 7) is 4.06. The first-order chi connectivity index (χ1) is 27.7. The van der Waals surface area contributed by atoms with E-state index in [0.717, 1.165) is 77.0 Å². The fraction of sp³-hybridized carbons (Fsp3) is 0.617. The van der Waals surface area contributed by atoms with Crippen molar-refractivity contribution < 1.29 is 37.6 Å². The highest BCUT2D eigenvalue weighted by atomic mass is 31.2. The van der Waals surface area contributed by atoms with Gasteiger partial charge >= 0.3 is 19.8 Å². The average Bonchev–Trinajstić information content (AvgIpc) is 3.18. The molecule has 0 radical (unpaired) electrons. The number of ether oxygens (including phenoxy) is 2. The molecule has 57 heavy (non-hydrogen) atoms. The molecule has 0 heterocycles. The molecule has 0 spiro atoms. The van der Waals surface area contributed by atoms with E-state index < -0.39 is 32.5 Å². The Labute approximate surface area is 347 Å². The smallest absolute Gasteiger partial charge is 0.462 e. The van der Waals surface area contributed by atoms with Gasteiger partial charge in [-0.05, 0) is 104 Å². The molecule has 0 bridgehead atoms. The Bertz CT molecular complexity index is 1260. The van der Waals surface area contributed by atoms with Crippen molar-refractivity contribution in [3.8, 4) is 0 Å². The molecule has 324 valence electrons. The van der Waals surface area contributed by atoms with Gasteiger partial charge in [0.15, 0.2) is 6.10 Å². The van der Waals surface area contributed by atoms with Gasteiger partial charge in [0.05, 0.1) is 13.2 Å². The number of hydrogen-bond acceptors (Lipinski definition) is 8. The number of carbonyl (C=O) groups is 2. The summed E-state index contributed by atoms with van der Waals surface area (Å²) < 4.78 is 33.4. The fourth-order valence-electron chi connectivity index (χ4n) is 5.08. The van der Waals surface area contributed by atoms with Crippen molar-refractivity contribution >= 4 is 19.8 Å². The van der Waals surface area contributed by atoms with Gasteiger partial charge in [-0.1, -0.05) is 137 Å². The summed E-state index contributed by atoms with van der Waals surface area (Å²) >= 11 is 0. The number of rotatable bonds is 38. The fourth-order valence-corrected chi connectivity index (χ4v) is 5.82. The summed E-state index contributed by atoms with van der Waals surface area (Å²) in [6.07, 6.45) is 51.7. The lowest BCUT2D eigenvalue weighted by molar-refractivity contribution is -0.161. The molecule has 2 atom stereocenters. The minimum atomic E-state index is -4.39. The van der Waals surface area contributed by atoms with Crippen molar-refractivity contribution in [2.24, 2.45) is 0 Å². The number of hydrogen-bond donors (Lipinski definition) is 1. The molecular weight excluding hydrogens is 737 g/mol. The number of likely N-dealkylation sites (N-methyl/N-ethyl adjacent to an activating group) is 1. The van der Waals surface area contributed by atoms with E-state index in [1.54, 1.807) is 4.90 Å². The molecule has 0 rings (SSSR count). The van der Waals surface area contributed by atoms with Crippen LogP contribution in [0.2, 0.25) is 0 Å². The van der Waals surface area contributed by atoms with Crippen LogP contribution in [-0.2, 0) is 32.7 Å². The number of unbranched alkanes of at least 4 members (excludes halogenated alkanes) is 8. The van der Waals surface area contributed by atoms with Gasteiger partial charge in [0.1, 0.15) is 6.61 Å². The van der Waals surface area contributed by atoms with Gasteiger partial charge in [0.25, 0.3) is 0 Å². The molecule has 0 aliphatic rings. The van der Waals surface area contributed by atoms with Gasteiger partial charge in [-0.2, -0.15) is 0 Å². The van der Waals surface area contributed by atoms with Crippen molar-refractivity contribution in [3.05, 3.63) is 97.2 Å². The Morgan fingerprint density at radius 1 is 0.561 bits per heavy atom. The van der Waals surface area contributed by atoms with E-state index in [4.69, 9.17) is 18.5 Å². The molecule has 0 saturated carbocycles. The summed E-state index contributed by atoms with van der Waals surface area (Å²) in [7, 11) is -0.763. The molecule has 1 N–H and O–H groups in total. The van der Waals surface area contributed by atoms with Crippen LogP contribution in [0.3, 0.4) is 0 Å². The molecule has 10 heteroatoms. The van der Waals surface area contributed by atoms with Crippen LogP contribution in [0.1, 0.15) is 142 Å². The third-order valence-electron chi connectivity index (χ3n) is 8.37. The second-order valence-corrected chi connectivity index (χ2v) is 15.6. The number of carbonyl (C=O) groups excluding carboxylic acids is 2. The summed E-state index contributed by atoms with van der Waals surface area (Å²) in [4.78, 5) is 37.0. The molecular formula is C47H78NO8P. The minimum Gasteiger partial charge on any atom is -0.462 e. The van der Waals surface area contributed by atoms with Crippen LogP contribution in [-0.4, -0.2) is 68.3 Å². The van der Waals surface area contributed by atoms with E-state index in [0.29, 0.717) is 19.4 Å². The van der Waals surface area contributed by atoms with Crippen LogP contribution in [0.15, 0.2) is 97.2 Å². The van der Waals surface area contributed by atoms with E-state index >= 15 is 0 Å². The maximum Gasteiger partial charge on any atom is 0.472 e. The maximum atomic E-state index is 12.6. The van der Waals surface area contributed by atoms with Gasteiger partial charge in [0.2, 0.25) is 0 Å². The van der Waals surface area contributed by atoms with Crippen molar-refractivity contribution in [2.75, 3.05) is 40.5 Å². The minimum absolute atomic E-state index is 0.0118. The molecule has 0 aliphatic heterocycles. The van der Waals surface area contributed by atoms with Crippen molar-refractivity contribution in [2.45, 2.75) is 148 Å². The predicted octanol–water partition coefficient (Wildman–Crippen LogP) is 12.4. The monoisotopic (exact) mass is 816 g/mol. The molecule has 0 saturated heterocycles. The molecule has 0 aliphatic carbocycles. The number of phosphoric ester groups is 1. The Morgan fingerprint density at radius 3 is 1.53 bits per heavy atom. The second-order valence-electron chi connectivity index (χ2n) is 14.1. The van der Waals surface area contributed by atoms with Crippen LogP contribution in [0, 0.1) is 0 Å². The SMILES string of the molecule is CC/C=C\C/C=C\C/C=C\C/C=C\C/C=C\CCCC(=O)OCC(COP(=O)(O)OCCN(C)C)OC(=O)CCCCCC/C=C\C/C=C\C/C=C\CCCCC. The van der Waals surface area contributed by atoms with Crippen LogP contribution in [0.25, 0.3) is 0 Å². The van der Waals surface area contributed by atoms with Gasteiger partial charge in [-0.3, -0.25) is 18.6 Å². The lowest BCUT2D eigenvalue weighted by Crippen LogP contribution is -2.29. The highest BCUT2D eigenvalue weighted by Gasteiger charge is 2.26. The molecule has 0 amide bonds. The number of nitrogens with zero attached hydrogens (tertiary/aromatic N) is 1. The highest BCUT2D eigenvalue weighted by Crippen LogP contribution is 2.43. The quantitative estimate of drug-likeness (QED) is 0.0282. The van der Waals surface area contributed by atoms with Gasteiger partial charge in [-0.15, -0.1) is 0 Å². The Balaban J connectivity index is 4.47. The second kappa shape index (κ2) is 41.1. The van der Waals surface area contributed by atoms with E-state index in [9.17, 15) is 19.0 Å².